The largest absolute Gasteiger partial charge is 0.480 e. The summed E-state index contributed by atoms with van der Waals surface area (Å²) in [6.07, 6.45) is 1.72. The van der Waals surface area contributed by atoms with Crippen LogP contribution >= 0.6 is 0 Å². The predicted molar refractivity (Wildman–Crippen MR) is 55.0 cm³/mol. The van der Waals surface area contributed by atoms with Crippen molar-refractivity contribution < 1.29 is 24.2 Å². The Labute approximate surface area is 93.9 Å². The zero-order valence-electron chi connectivity index (χ0n) is 9.27. The van der Waals surface area contributed by atoms with E-state index in [1.807, 2.05) is 6.92 Å². The maximum Gasteiger partial charge on any atom is 0.329 e. The van der Waals surface area contributed by atoms with Gasteiger partial charge in [0.1, 0.15) is 13.2 Å². The van der Waals surface area contributed by atoms with E-state index in [4.69, 9.17) is 9.84 Å². The van der Waals surface area contributed by atoms with Crippen molar-refractivity contribution in [1.82, 2.24) is 5.32 Å². The first-order valence-electron chi connectivity index (χ1n) is 5.28. The van der Waals surface area contributed by atoms with Crippen LogP contribution in [0.4, 0.5) is 0 Å². The summed E-state index contributed by atoms with van der Waals surface area (Å²) < 4.78 is 10.0. The van der Waals surface area contributed by atoms with Crippen LogP contribution in [-0.4, -0.2) is 48.9 Å². The van der Waals surface area contributed by atoms with E-state index in [2.05, 4.69) is 10.1 Å². The number of rotatable bonds is 5. The lowest BCUT2D eigenvalue weighted by atomic mass is 10.0. The highest BCUT2D eigenvalue weighted by Gasteiger charge is 2.20. The minimum Gasteiger partial charge on any atom is -0.480 e. The molecule has 1 amide bonds. The lowest BCUT2D eigenvalue weighted by Gasteiger charge is -2.27. The summed E-state index contributed by atoms with van der Waals surface area (Å²) in [5.74, 6) is -1.35. The monoisotopic (exact) mass is 231 g/mol. The minimum atomic E-state index is -1.08. The van der Waals surface area contributed by atoms with Gasteiger partial charge in [0.15, 0.2) is 0 Å². The van der Waals surface area contributed by atoms with Crippen molar-refractivity contribution in [1.29, 1.82) is 0 Å². The van der Waals surface area contributed by atoms with Crippen LogP contribution in [0.3, 0.4) is 0 Å². The van der Waals surface area contributed by atoms with Crippen LogP contribution in [0.15, 0.2) is 0 Å². The van der Waals surface area contributed by atoms with E-state index in [9.17, 15) is 9.59 Å². The fourth-order valence-corrected chi connectivity index (χ4v) is 1.63. The third-order valence-electron chi connectivity index (χ3n) is 2.31. The lowest BCUT2D eigenvalue weighted by Crippen LogP contribution is -2.42. The van der Waals surface area contributed by atoms with Gasteiger partial charge >= 0.3 is 5.97 Å². The summed E-state index contributed by atoms with van der Waals surface area (Å²) in [5.41, 5.74) is 0. The molecular weight excluding hydrogens is 214 g/mol. The van der Waals surface area contributed by atoms with E-state index in [0.29, 0.717) is 6.61 Å². The normalized spacial score (nSPS) is 25.1. The maximum absolute atomic E-state index is 11.3. The van der Waals surface area contributed by atoms with E-state index in [1.54, 1.807) is 0 Å². The van der Waals surface area contributed by atoms with Gasteiger partial charge in [0.05, 0.1) is 6.10 Å². The Hall–Kier alpha value is -1.14. The van der Waals surface area contributed by atoms with Gasteiger partial charge in [-0.3, -0.25) is 4.79 Å². The molecule has 0 aliphatic carbocycles. The van der Waals surface area contributed by atoms with E-state index in [0.717, 1.165) is 12.8 Å². The molecule has 16 heavy (non-hydrogen) atoms. The zero-order valence-corrected chi connectivity index (χ0v) is 9.27. The van der Waals surface area contributed by atoms with Gasteiger partial charge in [0.25, 0.3) is 0 Å². The van der Waals surface area contributed by atoms with Crippen LogP contribution in [-0.2, 0) is 19.1 Å². The predicted octanol–water partition coefficient (Wildman–Crippen LogP) is -0.229. The van der Waals surface area contributed by atoms with Crippen molar-refractivity contribution in [3.63, 3.8) is 0 Å². The van der Waals surface area contributed by atoms with Gasteiger partial charge in [-0.25, -0.2) is 4.79 Å². The summed E-state index contributed by atoms with van der Waals surface area (Å²) in [7, 11) is 0. The molecule has 0 aromatic carbocycles. The number of carbonyl (C=O) groups is 2. The fraction of sp³-hybridized carbons (Fsp3) is 0.800. The Balaban J connectivity index is 2.15. The van der Waals surface area contributed by atoms with Crippen molar-refractivity contribution in [3.8, 4) is 0 Å². The zero-order chi connectivity index (χ0) is 12.0. The molecule has 1 aliphatic rings. The number of carboxylic acid groups (broad SMARTS) is 1. The Morgan fingerprint density at radius 3 is 2.88 bits per heavy atom. The average Bonchev–Trinajstić information content (AvgIpc) is 2.16. The molecule has 1 fully saturated rings. The molecule has 2 N–H and O–H groups in total. The van der Waals surface area contributed by atoms with Gasteiger partial charge in [0, 0.05) is 12.6 Å². The number of carboxylic acids is 1. The molecule has 1 rings (SSSR count). The van der Waals surface area contributed by atoms with E-state index < -0.39 is 12.6 Å². The van der Waals surface area contributed by atoms with Crippen LogP contribution in [0, 0.1) is 0 Å². The number of ether oxygens (including phenoxy) is 2. The minimum absolute atomic E-state index is 0.102. The second-order valence-electron chi connectivity index (χ2n) is 3.86. The number of aliphatic carboxylic acids is 1. The average molecular weight is 231 g/mol. The number of carbonyl (C=O) groups excluding carboxylic acids is 1. The molecule has 1 saturated heterocycles. The molecule has 0 aromatic rings. The smallest absolute Gasteiger partial charge is 0.329 e. The molecule has 0 spiro atoms. The quantitative estimate of drug-likeness (QED) is 0.682. The van der Waals surface area contributed by atoms with Crippen molar-refractivity contribution in [2.45, 2.75) is 31.9 Å². The van der Waals surface area contributed by atoms with E-state index in [1.165, 1.54) is 0 Å². The second kappa shape index (κ2) is 6.44. The fourth-order valence-electron chi connectivity index (χ4n) is 1.63. The summed E-state index contributed by atoms with van der Waals surface area (Å²) in [6, 6.07) is 0.102. The Bertz CT molecular complexity index is 256. The Kier molecular flexibility index (Phi) is 5.21. The Morgan fingerprint density at radius 2 is 2.25 bits per heavy atom. The molecule has 6 heteroatoms. The lowest BCUT2D eigenvalue weighted by molar-refractivity contribution is -0.143. The highest BCUT2D eigenvalue weighted by molar-refractivity contribution is 5.78. The molecule has 0 bridgehead atoms. The summed E-state index contributed by atoms with van der Waals surface area (Å²) in [5, 5.41) is 11.1. The van der Waals surface area contributed by atoms with Crippen molar-refractivity contribution in [2.24, 2.45) is 0 Å². The van der Waals surface area contributed by atoms with Crippen LogP contribution < -0.4 is 5.32 Å². The summed E-state index contributed by atoms with van der Waals surface area (Å²) in [6.45, 7) is 1.94. The topological polar surface area (TPSA) is 84.9 Å². The van der Waals surface area contributed by atoms with Crippen LogP contribution in [0.5, 0.6) is 0 Å². The van der Waals surface area contributed by atoms with Crippen molar-refractivity contribution >= 4 is 11.9 Å². The van der Waals surface area contributed by atoms with Crippen LogP contribution in [0.1, 0.15) is 19.8 Å². The number of hydrogen-bond acceptors (Lipinski definition) is 4. The first kappa shape index (κ1) is 12.9. The number of nitrogens with one attached hydrogen (secondary N) is 1. The first-order valence-corrected chi connectivity index (χ1v) is 5.28. The van der Waals surface area contributed by atoms with Gasteiger partial charge in [-0.15, -0.1) is 0 Å². The number of hydrogen-bond donors (Lipinski definition) is 2. The standard InChI is InChI=1S/C10H17NO5/c1-7-4-8(2-3-16-7)11-9(12)5-15-6-10(13)14/h7-8H,2-6H2,1H3,(H,11,12)(H,13,14). The molecule has 0 aromatic heterocycles. The molecule has 2 unspecified atom stereocenters. The van der Waals surface area contributed by atoms with Crippen LogP contribution in [0.25, 0.3) is 0 Å². The van der Waals surface area contributed by atoms with Gasteiger partial charge in [-0.2, -0.15) is 0 Å². The first-order chi connectivity index (χ1) is 7.58. The molecule has 6 nitrogen and oxygen atoms in total. The third kappa shape index (κ3) is 5.09. The SMILES string of the molecule is CC1CC(NC(=O)COCC(=O)O)CCO1. The van der Waals surface area contributed by atoms with Gasteiger partial charge in [-0.1, -0.05) is 0 Å². The highest BCUT2D eigenvalue weighted by Crippen LogP contribution is 2.12. The van der Waals surface area contributed by atoms with E-state index in [-0.39, 0.29) is 24.7 Å². The van der Waals surface area contributed by atoms with Crippen molar-refractivity contribution in [2.75, 3.05) is 19.8 Å². The van der Waals surface area contributed by atoms with Crippen LogP contribution in [0.2, 0.25) is 0 Å². The highest BCUT2D eigenvalue weighted by atomic mass is 16.5. The molecule has 0 saturated carbocycles. The summed E-state index contributed by atoms with van der Waals surface area (Å²) >= 11 is 0. The number of amides is 1. The summed E-state index contributed by atoms with van der Waals surface area (Å²) in [4.78, 5) is 21.5. The Morgan fingerprint density at radius 1 is 1.50 bits per heavy atom. The van der Waals surface area contributed by atoms with Crippen molar-refractivity contribution in [3.05, 3.63) is 0 Å². The molecule has 1 aliphatic heterocycles. The van der Waals surface area contributed by atoms with Gasteiger partial charge < -0.3 is 19.9 Å². The molecular formula is C10H17NO5. The molecule has 92 valence electrons. The third-order valence-corrected chi connectivity index (χ3v) is 2.31. The molecule has 2 atom stereocenters. The van der Waals surface area contributed by atoms with Gasteiger partial charge in [-0.05, 0) is 19.8 Å². The van der Waals surface area contributed by atoms with E-state index >= 15 is 0 Å². The second-order valence-corrected chi connectivity index (χ2v) is 3.86. The maximum atomic E-state index is 11.3. The molecule has 1 heterocycles. The molecule has 0 radical (unpaired) electrons. The van der Waals surface area contributed by atoms with Gasteiger partial charge in [0.2, 0.25) is 5.91 Å².